The van der Waals surface area contributed by atoms with Crippen molar-refractivity contribution in [3.05, 3.63) is 41.2 Å². The number of hydrogen-bond acceptors (Lipinski definition) is 7. The van der Waals surface area contributed by atoms with Crippen LogP contribution in [0.15, 0.2) is 34.3 Å². The van der Waals surface area contributed by atoms with Crippen molar-refractivity contribution >= 4 is 40.7 Å². The molecule has 1 aromatic heterocycles. The molecule has 1 aliphatic carbocycles. The van der Waals surface area contributed by atoms with Crippen LogP contribution in [0.3, 0.4) is 0 Å². The molecular formula is C26H27F3N4O4S. The number of thioether (sulfide) groups is 1. The quantitative estimate of drug-likeness (QED) is 0.531. The fourth-order valence-electron chi connectivity index (χ4n) is 5.15. The molecule has 1 saturated carbocycles. The molecule has 4 aliphatic rings. The second kappa shape index (κ2) is 9.57. The van der Waals surface area contributed by atoms with Crippen molar-refractivity contribution in [2.24, 2.45) is 4.99 Å². The number of aryl methyl sites for hydroxylation is 1. The predicted molar refractivity (Wildman–Crippen MR) is 137 cm³/mol. The minimum absolute atomic E-state index is 0.147. The molecule has 6 rings (SSSR count). The number of nitrogens with zero attached hydrogens (tertiary/aromatic N) is 2. The molecule has 2 bridgehead atoms. The van der Waals surface area contributed by atoms with E-state index in [1.54, 1.807) is 19.1 Å². The Bertz CT molecular complexity index is 1320. The Hall–Kier alpha value is -3.12. The van der Waals surface area contributed by atoms with Crippen molar-refractivity contribution < 1.29 is 32.2 Å². The van der Waals surface area contributed by atoms with Gasteiger partial charge in [0.15, 0.2) is 5.60 Å². The Morgan fingerprint density at radius 3 is 2.50 bits per heavy atom. The molecule has 3 fully saturated rings. The maximum atomic E-state index is 13.5. The summed E-state index contributed by atoms with van der Waals surface area (Å²) in [7, 11) is 1.47. The van der Waals surface area contributed by atoms with E-state index in [4.69, 9.17) is 9.47 Å². The Morgan fingerprint density at radius 2 is 1.87 bits per heavy atom. The lowest BCUT2D eigenvalue weighted by atomic mass is 9.70. The predicted octanol–water partition coefficient (Wildman–Crippen LogP) is 5.22. The van der Waals surface area contributed by atoms with Crippen molar-refractivity contribution in [2.45, 2.75) is 61.7 Å². The van der Waals surface area contributed by atoms with Crippen molar-refractivity contribution in [2.75, 3.05) is 24.8 Å². The molecule has 8 nitrogen and oxygen atoms in total. The molecule has 2 saturated heterocycles. The molecule has 4 heterocycles. The third-order valence-electron chi connectivity index (χ3n) is 7.35. The number of hydrogen-bond donors (Lipinski definition) is 2. The molecule has 2 amide bonds. The molecule has 0 spiro atoms. The molecule has 1 aromatic carbocycles. The van der Waals surface area contributed by atoms with Gasteiger partial charge in [-0.05, 0) is 57.7 Å². The minimum Gasteiger partial charge on any atom is -0.496 e. The van der Waals surface area contributed by atoms with Gasteiger partial charge in [0.2, 0.25) is 0 Å². The van der Waals surface area contributed by atoms with Crippen LogP contribution in [-0.4, -0.2) is 59.3 Å². The number of halogens is 3. The van der Waals surface area contributed by atoms with E-state index >= 15 is 0 Å². The van der Waals surface area contributed by atoms with E-state index in [0.29, 0.717) is 33.3 Å². The SMILES string of the molecule is COc1ccc2c(c1C(=O)Nc1cnc(C)cc1C(=O)NC13CCC(C(F)(F)F)(CC1)OC3)SCC(C)=N2. The number of amides is 2. The number of alkyl halides is 3. The molecule has 3 aliphatic heterocycles. The Balaban J connectivity index is 1.40. The van der Waals surface area contributed by atoms with Crippen molar-refractivity contribution in [1.29, 1.82) is 0 Å². The third-order valence-corrected chi connectivity index (χ3v) is 8.61. The highest BCUT2D eigenvalue weighted by Gasteiger charge is 2.63. The van der Waals surface area contributed by atoms with Crippen LogP contribution in [0.25, 0.3) is 0 Å². The van der Waals surface area contributed by atoms with Crippen molar-refractivity contribution in [1.82, 2.24) is 10.3 Å². The van der Waals surface area contributed by atoms with Crippen LogP contribution in [-0.2, 0) is 4.74 Å². The van der Waals surface area contributed by atoms with E-state index in [9.17, 15) is 22.8 Å². The number of nitrogens with one attached hydrogen (secondary N) is 2. The molecular weight excluding hydrogens is 521 g/mol. The second-order valence-corrected chi connectivity index (χ2v) is 11.0. The Kier molecular flexibility index (Phi) is 6.67. The summed E-state index contributed by atoms with van der Waals surface area (Å²) in [5.74, 6) is -0.0250. The first kappa shape index (κ1) is 26.5. The van der Waals surface area contributed by atoms with E-state index in [1.807, 2.05) is 6.92 Å². The lowest BCUT2D eigenvalue weighted by molar-refractivity contribution is -0.317. The van der Waals surface area contributed by atoms with E-state index in [2.05, 4.69) is 20.6 Å². The molecule has 2 aromatic rings. The van der Waals surface area contributed by atoms with Gasteiger partial charge in [-0.2, -0.15) is 13.2 Å². The summed E-state index contributed by atoms with van der Waals surface area (Å²) in [6.07, 6.45) is -3.20. The lowest BCUT2D eigenvalue weighted by Gasteiger charge is -2.53. The van der Waals surface area contributed by atoms with Gasteiger partial charge in [0.1, 0.15) is 5.75 Å². The van der Waals surface area contributed by atoms with Gasteiger partial charge < -0.3 is 20.1 Å². The van der Waals surface area contributed by atoms with Crippen LogP contribution in [0.2, 0.25) is 0 Å². The summed E-state index contributed by atoms with van der Waals surface area (Å²) < 4.78 is 51.3. The maximum Gasteiger partial charge on any atom is 0.417 e. The summed E-state index contributed by atoms with van der Waals surface area (Å²) in [4.78, 5) is 36.4. The highest BCUT2D eigenvalue weighted by atomic mass is 32.2. The lowest BCUT2D eigenvalue weighted by Crippen LogP contribution is -2.66. The normalized spacial score (nSPS) is 24.3. The van der Waals surface area contributed by atoms with Crippen molar-refractivity contribution in [3.8, 4) is 5.75 Å². The second-order valence-electron chi connectivity index (χ2n) is 9.97. The molecule has 38 heavy (non-hydrogen) atoms. The summed E-state index contributed by atoms with van der Waals surface area (Å²) in [5, 5.41) is 5.70. The number of carbonyl (C=O) groups excluding carboxylic acids is 2. The number of benzene rings is 1. The summed E-state index contributed by atoms with van der Waals surface area (Å²) in [6.45, 7) is 3.39. The van der Waals surface area contributed by atoms with Crippen molar-refractivity contribution in [3.63, 3.8) is 0 Å². The number of methoxy groups -OCH3 is 1. The van der Waals surface area contributed by atoms with Gasteiger partial charge in [0.25, 0.3) is 11.8 Å². The Labute approximate surface area is 221 Å². The number of carbonyl (C=O) groups is 2. The molecule has 0 atom stereocenters. The Morgan fingerprint density at radius 1 is 1.13 bits per heavy atom. The molecule has 0 unspecified atom stereocenters. The average Bonchev–Trinajstić information content (AvgIpc) is 2.89. The number of aromatic nitrogens is 1. The fraction of sp³-hybridized carbons (Fsp3) is 0.462. The van der Waals surface area contributed by atoms with Gasteiger partial charge in [-0.25, -0.2) is 0 Å². The monoisotopic (exact) mass is 548 g/mol. The largest absolute Gasteiger partial charge is 0.496 e. The fourth-order valence-corrected chi connectivity index (χ4v) is 6.17. The first-order valence-electron chi connectivity index (χ1n) is 12.2. The van der Waals surface area contributed by atoms with E-state index in [-0.39, 0.29) is 43.5 Å². The molecule has 12 heteroatoms. The third kappa shape index (κ3) is 4.64. The van der Waals surface area contributed by atoms with Gasteiger partial charge in [-0.15, -0.1) is 11.8 Å². The van der Waals surface area contributed by atoms with Crippen LogP contribution < -0.4 is 15.4 Å². The smallest absolute Gasteiger partial charge is 0.417 e. The average molecular weight is 549 g/mol. The van der Waals surface area contributed by atoms with E-state index in [0.717, 1.165) is 5.71 Å². The first-order valence-corrected chi connectivity index (χ1v) is 13.1. The zero-order valence-corrected chi connectivity index (χ0v) is 21.9. The van der Waals surface area contributed by atoms with Crippen LogP contribution in [0.1, 0.15) is 59.0 Å². The standard InChI is InChI=1S/C26H27F3N4O4S/c1-14-10-16(22(34)33-24-6-8-25(9-7-24,37-13-24)26(27,28)29)18(11-30-14)32-23(35)20-19(36-3)5-4-17-21(20)38-12-15(2)31-17/h4-5,10-11H,6-9,12-13H2,1-3H3,(H,32,35)(H,33,34). The van der Waals surface area contributed by atoms with Gasteiger partial charge in [0, 0.05) is 22.1 Å². The van der Waals surface area contributed by atoms with Gasteiger partial charge in [-0.3, -0.25) is 19.6 Å². The first-order chi connectivity index (χ1) is 18.0. The highest BCUT2D eigenvalue weighted by Crippen LogP contribution is 2.51. The summed E-state index contributed by atoms with van der Waals surface area (Å²) in [5.41, 5.74) is -0.281. The number of anilines is 1. The van der Waals surface area contributed by atoms with Crippen LogP contribution in [0.5, 0.6) is 5.75 Å². The zero-order valence-electron chi connectivity index (χ0n) is 21.1. The number of aliphatic imine (C=N–C) groups is 1. The van der Waals surface area contributed by atoms with E-state index < -0.39 is 29.1 Å². The number of rotatable bonds is 5. The summed E-state index contributed by atoms with van der Waals surface area (Å²) in [6, 6.07) is 4.99. The number of ether oxygens (including phenoxy) is 2. The van der Waals surface area contributed by atoms with Crippen LogP contribution >= 0.6 is 11.8 Å². The van der Waals surface area contributed by atoms with Gasteiger partial charge in [0.05, 0.1) is 48.0 Å². The molecule has 0 radical (unpaired) electrons. The van der Waals surface area contributed by atoms with Crippen LogP contribution in [0, 0.1) is 6.92 Å². The minimum atomic E-state index is -4.46. The maximum absolute atomic E-state index is 13.5. The topological polar surface area (TPSA) is 102 Å². The zero-order chi connectivity index (χ0) is 27.3. The number of pyridine rings is 1. The highest BCUT2D eigenvalue weighted by molar-refractivity contribution is 8.00. The van der Waals surface area contributed by atoms with Gasteiger partial charge in [-0.1, -0.05) is 0 Å². The van der Waals surface area contributed by atoms with Crippen LogP contribution in [0.4, 0.5) is 24.5 Å². The molecule has 202 valence electrons. The van der Waals surface area contributed by atoms with E-state index in [1.165, 1.54) is 31.1 Å². The molecule has 2 N–H and O–H groups in total. The summed E-state index contributed by atoms with van der Waals surface area (Å²) >= 11 is 1.48. The number of fused-ring (bicyclic) bond motifs is 4. The van der Waals surface area contributed by atoms with Gasteiger partial charge >= 0.3 is 6.18 Å².